The lowest BCUT2D eigenvalue weighted by atomic mass is 10.0. The van der Waals surface area contributed by atoms with Crippen LogP contribution in [0.25, 0.3) is 10.8 Å². The molecule has 0 saturated carbocycles. The van der Waals surface area contributed by atoms with E-state index in [1.807, 2.05) is 61.2 Å². The predicted octanol–water partition coefficient (Wildman–Crippen LogP) is 4.34. The highest BCUT2D eigenvalue weighted by Gasteiger charge is 2.20. The summed E-state index contributed by atoms with van der Waals surface area (Å²) in [6.45, 7) is 11.6. The molecule has 32 heavy (non-hydrogen) atoms. The second kappa shape index (κ2) is 12.8. The molecule has 2 heterocycles. The third-order valence-electron chi connectivity index (χ3n) is 5.11. The molecule has 4 rings (SSSR count). The van der Waals surface area contributed by atoms with Crippen molar-refractivity contribution in [2.45, 2.75) is 40.5 Å². The van der Waals surface area contributed by atoms with Gasteiger partial charge in [-0.3, -0.25) is 9.59 Å². The Balaban J connectivity index is 0.000000671. The van der Waals surface area contributed by atoms with Crippen molar-refractivity contribution in [3.63, 3.8) is 0 Å². The van der Waals surface area contributed by atoms with Crippen molar-refractivity contribution in [2.75, 3.05) is 33.2 Å². The van der Waals surface area contributed by atoms with Gasteiger partial charge < -0.3 is 9.80 Å². The minimum atomic E-state index is -0.187. The number of nitrogens with one attached hydrogen (secondary N) is 1. The van der Waals surface area contributed by atoms with Gasteiger partial charge in [0.05, 0.1) is 11.1 Å². The van der Waals surface area contributed by atoms with Gasteiger partial charge >= 0.3 is 0 Å². The molecule has 172 valence electrons. The highest BCUT2D eigenvalue weighted by molar-refractivity contribution is 5.94. The van der Waals surface area contributed by atoms with Gasteiger partial charge in [-0.15, -0.1) is 0 Å². The van der Waals surface area contributed by atoms with Gasteiger partial charge in [-0.1, -0.05) is 64.4 Å². The summed E-state index contributed by atoms with van der Waals surface area (Å²) >= 11 is 0. The minimum absolute atomic E-state index is 0.0734. The first kappa shape index (κ1) is 25.3. The van der Waals surface area contributed by atoms with Crippen LogP contribution < -0.4 is 5.56 Å². The number of hydrogen-bond donors (Lipinski definition) is 1. The smallest absolute Gasteiger partial charge is 0.272 e. The van der Waals surface area contributed by atoms with Crippen LogP contribution in [0, 0.1) is 0 Å². The van der Waals surface area contributed by atoms with Gasteiger partial charge in [-0.25, -0.2) is 5.10 Å². The summed E-state index contributed by atoms with van der Waals surface area (Å²) in [7, 11) is 2.07. The molecule has 1 aromatic heterocycles. The van der Waals surface area contributed by atoms with Crippen LogP contribution in [0.5, 0.6) is 0 Å². The first-order chi connectivity index (χ1) is 15.5. The second-order valence-corrected chi connectivity index (χ2v) is 7.72. The van der Waals surface area contributed by atoms with Crippen LogP contribution in [0.4, 0.5) is 0 Å². The molecule has 6 nitrogen and oxygen atoms in total. The van der Waals surface area contributed by atoms with Crippen LogP contribution in [0.2, 0.25) is 0 Å². The van der Waals surface area contributed by atoms with Crippen molar-refractivity contribution in [3.05, 3.63) is 75.7 Å². The van der Waals surface area contributed by atoms with Gasteiger partial charge in [0.25, 0.3) is 11.5 Å². The molecule has 1 N–H and O–H groups in total. The standard InChI is InChI=1S/C21H22N4O2.C3H8.C2H6/c1-24-9-11-25(12-10-24)21(27)16-6-4-5-15(13-16)14-19-17-7-2-3-8-18(17)20(26)23-22-19;1-3-2;1-2/h2-8,13H,9-12,14H2,1H3,(H,23,26);3H2,1-2H3;1-2H3. The predicted molar refractivity (Wildman–Crippen MR) is 132 cm³/mol. The van der Waals surface area contributed by atoms with Gasteiger partial charge in [0.2, 0.25) is 0 Å². The van der Waals surface area contributed by atoms with E-state index in [4.69, 9.17) is 0 Å². The van der Waals surface area contributed by atoms with Gasteiger partial charge in [-0.2, -0.15) is 5.10 Å². The topological polar surface area (TPSA) is 69.3 Å². The average Bonchev–Trinajstić information content (AvgIpc) is 2.83. The summed E-state index contributed by atoms with van der Waals surface area (Å²) in [5.41, 5.74) is 2.31. The molecule has 2 aromatic carbocycles. The first-order valence-corrected chi connectivity index (χ1v) is 11.6. The summed E-state index contributed by atoms with van der Waals surface area (Å²) in [5, 5.41) is 8.28. The highest BCUT2D eigenvalue weighted by atomic mass is 16.2. The maximum absolute atomic E-state index is 12.8. The number of carbonyl (C=O) groups is 1. The fourth-order valence-electron chi connectivity index (χ4n) is 3.51. The van der Waals surface area contributed by atoms with Gasteiger partial charge in [0.1, 0.15) is 0 Å². The number of nitrogens with zero attached hydrogens (tertiary/aromatic N) is 3. The van der Waals surface area contributed by atoms with Crippen molar-refractivity contribution in [2.24, 2.45) is 0 Å². The van der Waals surface area contributed by atoms with Crippen molar-refractivity contribution < 1.29 is 4.79 Å². The van der Waals surface area contributed by atoms with Crippen LogP contribution in [0.15, 0.2) is 53.3 Å². The van der Waals surface area contributed by atoms with Crippen molar-refractivity contribution in [1.82, 2.24) is 20.0 Å². The fourth-order valence-corrected chi connectivity index (χ4v) is 3.51. The maximum Gasteiger partial charge on any atom is 0.272 e. The van der Waals surface area contributed by atoms with E-state index < -0.39 is 0 Å². The third-order valence-corrected chi connectivity index (χ3v) is 5.11. The summed E-state index contributed by atoms with van der Waals surface area (Å²) < 4.78 is 0. The first-order valence-electron chi connectivity index (χ1n) is 11.6. The lowest BCUT2D eigenvalue weighted by molar-refractivity contribution is 0.0664. The Hall–Kier alpha value is -2.99. The Bertz CT molecular complexity index is 1050. The fraction of sp³-hybridized carbons (Fsp3) is 0.423. The zero-order valence-corrected chi connectivity index (χ0v) is 20.0. The number of hydrogen-bond acceptors (Lipinski definition) is 4. The highest BCUT2D eigenvalue weighted by Crippen LogP contribution is 2.18. The number of likely N-dealkylation sites (N-methyl/N-ethyl adjacent to an activating group) is 1. The molecule has 1 aliphatic rings. The molecule has 0 aliphatic carbocycles. The summed E-state index contributed by atoms with van der Waals surface area (Å²) in [6.07, 6.45) is 1.81. The number of piperazine rings is 1. The minimum Gasteiger partial charge on any atom is -0.336 e. The zero-order valence-electron chi connectivity index (χ0n) is 20.0. The van der Waals surface area contributed by atoms with Crippen molar-refractivity contribution in [1.29, 1.82) is 0 Å². The normalized spacial score (nSPS) is 13.6. The van der Waals surface area contributed by atoms with Gasteiger partial charge in [0.15, 0.2) is 0 Å². The Morgan fingerprint density at radius 2 is 1.59 bits per heavy atom. The van der Waals surface area contributed by atoms with Gasteiger partial charge in [0, 0.05) is 43.5 Å². The van der Waals surface area contributed by atoms with Crippen LogP contribution >= 0.6 is 0 Å². The SMILES string of the molecule is CC.CCC.CN1CCN(C(=O)c2cccc(Cc3n[nH]c(=O)c4ccccc34)c2)CC1. The Morgan fingerprint density at radius 3 is 2.25 bits per heavy atom. The van der Waals surface area contributed by atoms with Crippen LogP contribution in [-0.4, -0.2) is 59.1 Å². The largest absolute Gasteiger partial charge is 0.336 e. The van der Waals surface area contributed by atoms with E-state index in [0.29, 0.717) is 17.4 Å². The van der Waals surface area contributed by atoms with Crippen LogP contribution in [0.1, 0.15) is 55.7 Å². The Kier molecular flexibility index (Phi) is 10.1. The number of carbonyl (C=O) groups excluding carboxylic acids is 1. The number of aromatic amines is 1. The molecule has 1 amide bonds. The van der Waals surface area contributed by atoms with E-state index >= 15 is 0 Å². The second-order valence-electron chi connectivity index (χ2n) is 7.72. The van der Waals surface area contributed by atoms with E-state index in [1.54, 1.807) is 6.07 Å². The number of amides is 1. The van der Waals surface area contributed by atoms with E-state index in [-0.39, 0.29) is 11.5 Å². The van der Waals surface area contributed by atoms with Crippen molar-refractivity contribution in [3.8, 4) is 0 Å². The summed E-state index contributed by atoms with van der Waals surface area (Å²) in [6, 6.07) is 15.1. The van der Waals surface area contributed by atoms with Crippen LogP contribution in [-0.2, 0) is 6.42 Å². The number of rotatable bonds is 3. The average molecular weight is 437 g/mol. The lowest BCUT2D eigenvalue weighted by Gasteiger charge is -2.32. The van der Waals surface area contributed by atoms with E-state index in [9.17, 15) is 9.59 Å². The third kappa shape index (κ3) is 6.50. The molecule has 0 atom stereocenters. The molecule has 6 heteroatoms. The monoisotopic (exact) mass is 436 g/mol. The molecule has 3 aromatic rings. The maximum atomic E-state index is 12.8. The number of H-pyrrole nitrogens is 1. The van der Waals surface area contributed by atoms with Gasteiger partial charge in [-0.05, 0) is 30.8 Å². The molecular weight excluding hydrogens is 400 g/mol. The summed E-state index contributed by atoms with van der Waals surface area (Å²) in [4.78, 5) is 28.9. The van der Waals surface area contributed by atoms with Crippen molar-refractivity contribution >= 4 is 16.7 Å². The van der Waals surface area contributed by atoms with E-state index in [0.717, 1.165) is 42.8 Å². The van der Waals surface area contributed by atoms with E-state index in [1.165, 1.54) is 6.42 Å². The molecule has 0 unspecified atom stereocenters. The molecule has 1 fully saturated rings. The number of fused-ring (bicyclic) bond motifs is 1. The molecule has 1 aliphatic heterocycles. The molecule has 1 saturated heterocycles. The Morgan fingerprint density at radius 1 is 0.969 bits per heavy atom. The molecular formula is C26H36N4O2. The molecule has 0 spiro atoms. The quantitative estimate of drug-likeness (QED) is 0.663. The molecule has 0 bridgehead atoms. The van der Waals surface area contributed by atoms with Crippen LogP contribution in [0.3, 0.4) is 0 Å². The Labute approximate surface area is 191 Å². The lowest BCUT2D eigenvalue weighted by Crippen LogP contribution is -2.47. The number of aromatic nitrogens is 2. The zero-order chi connectivity index (χ0) is 23.5. The molecule has 0 radical (unpaired) electrons. The van der Waals surface area contributed by atoms with E-state index in [2.05, 4.69) is 36.0 Å². The number of benzene rings is 2. The summed E-state index contributed by atoms with van der Waals surface area (Å²) in [5.74, 6) is 0.0734.